The summed E-state index contributed by atoms with van der Waals surface area (Å²) in [4.78, 5) is 49.3. The normalized spacial score (nSPS) is 20.8. The molecule has 0 fully saturated rings. The van der Waals surface area contributed by atoms with Crippen molar-refractivity contribution in [3.8, 4) is 5.75 Å². The van der Waals surface area contributed by atoms with Crippen LogP contribution in [-0.4, -0.2) is 40.1 Å². The Bertz CT molecular complexity index is 1350. The highest BCUT2D eigenvalue weighted by Crippen LogP contribution is 2.37. The number of likely N-dealkylation sites (N-methyl/N-ethyl adjacent to an activating group) is 1. The second-order valence-corrected chi connectivity index (χ2v) is 11.3. The first-order valence-electron chi connectivity index (χ1n) is 11.1. The van der Waals surface area contributed by atoms with E-state index in [1.54, 1.807) is 50.4 Å². The maximum Gasteiger partial charge on any atom is 0.267 e. The smallest absolute Gasteiger partial charge is 0.267 e. The van der Waals surface area contributed by atoms with Crippen LogP contribution in [0, 0.1) is 5.92 Å². The van der Waals surface area contributed by atoms with Crippen molar-refractivity contribution in [3.05, 3.63) is 44.6 Å². The lowest BCUT2D eigenvalue weighted by atomic mass is 9.89. The third kappa shape index (κ3) is 3.87. The fourth-order valence-corrected chi connectivity index (χ4v) is 6.82. The number of aryl methyl sites for hydroxylation is 1. The minimum absolute atomic E-state index is 0.107. The van der Waals surface area contributed by atoms with E-state index in [2.05, 4.69) is 16.9 Å². The van der Waals surface area contributed by atoms with Gasteiger partial charge in [-0.1, -0.05) is 18.7 Å². The van der Waals surface area contributed by atoms with Gasteiger partial charge in [0.2, 0.25) is 0 Å². The molecular formula is C24H25N3O4S2. The number of hydrogen-bond acceptors (Lipinski definition) is 7. The number of aromatic amines is 1. The molecule has 1 N–H and O–H groups in total. The van der Waals surface area contributed by atoms with Crippen molar-refractivity contribution in [3.63, 3.8) is 0 Å². The zero-order valence-corrected chi connectivity index (χ0v) is 20.6. The number of nitrogens with zero attached hydrogens (tertiary/aromatic N) is 2. The largest absolute Gasteiger partial charge is 0.479 e. The number of amides is 1. The van der Waals surface area contributed by atoms with Gasteiger partial charge in [-0.05, 0) is 62.8 Å². The third-order valence-electron chi connectivity index (χ3n) is 6.39. The van der Waals surface area contributed by atoms with Crippen LogP contribution in [0.3, 0.4) is 0 Å². The zero-order valence-electron chi connectivity index (χ0n) is 18.9. The second-order valence-electron chi connectivity index (χ2n) is 8.87. The number of aromatic nitrogens is 2. The van der Waals surface area contributed by atoms with E-state index in [1.807, 2.05) is 0 Å². The number of fused-ring (bicyclic) bond motifs is 4. The molecule has 1 amide bonds. The lowest BCUT2D eigenvalue weighted by Gasteiger charge is -2.30. The zero-order chi connectivity index (χ0) is 23.4. The van der Waals surface area contributed by atoms with Crippen molar-refractivity contribution in [2.45, 2.75) is 56.5 Å². The molecule has 2 aliphatic rings. The molecule has 1 aliphatic carbocycles. The van der Waals surface area contributed by atoms with Crippen LogP contribution in [0.5, 0.6) is 5.75 Å². The van der Waals surface area contributed by atoms with Crippen molar-refractivity contribution in [2.75, 3.05) is 11.9 Å². The fraction of sp³-hybridized carbons (Fsp3) is 0.417. The number of rotatable bonds is 4. The van der Waals surface area contributed by atoms with Gasteiger partial charge in [0.1, 0.15) is 10.6 Å². The van der Waals surface area contributed by atoms with E-state index in [4.69, 9.17) is 4.74 Å². The van der Waals surface area contributed by atoms with Gasteiger partial charge in [0.05, 0.1) is 16.3 Å². The van der Waals surface area contributed by atoms with Crippen molar-refractivity contribution >= 4 is 50.7 Å². The SMILES string of the molecule is CC1CCc2c(sc3nc(SC(C)C(=O)c4ccc5c(c4)N(C)C(=O)C(C)O5)[nH]c(=O)c23)C1. The third-order valence-corrected chi connectivity index (χ3v) is 8.52. The van der Waals surface area contributed by atoms with Gasteiger partial charge in [-0.2, -0.15) is 0 Å². The molecule has 1 aliphatic heterocycles. The van der Waals surface area contributed by atoms with Crippen molar-refractivity contribution in [2.24, 2.45) is 5.92 Å². The minimum atomic E-state index is -0.553. The molecule has 2 aromatic heterocycles. The highest BCUT2D eigenvalue weighted by atomic mass is 32.2. The average Bonchev–Trinajstić information content (AvgIpc) is 3.14. The molecule has 5 rings (SSSR count). The van der Waals surface area contributed by atoms with Gasteiger partial charge in [0.15, 0.2) is 17.0 Å². The molecule has 1 aromatic carbocycles. The van der Waals surface area contributed by atoms with E-state index in [0.717, 1.165) is 29.7 Å². The monoisotopic (exact) mass is 483 g/mol. The van der Waals surface area contributed by atoms with E-state index >= 15 is 0 Å². The summed E-state index contributed by atoms with van der Waals surface area (Å²) in [5.41, 5.74) is 2.07. The van der Waals surface area contributed by atoms with Crippen LogP contribution in [0.25, 0.3) is 10.2 Å². The maximum atomic E-state index is 13.1. The van der Waals surface area contributed by atoms with E-state index in [1.165, 1.54) is 21.5 Å². The van der Waals surface area contributed by atoms with E-state index in [9.17, 15) is 14.4 Å². The number of benzene rings is 1. The van der Waals surface area contributed by atoms with Gasteiger partial charge in [-0.15, -0.1) is 11.3 Å². The van der Waals surface area contributed by atoms with Gasteiger partial charge in [0, 0.05) is 17.5 Å². The Kier molecular flexibility index (Phi) is 5.56. The van der Waals surface area contributed by atoms with Crippen LogP contribution < -0.4 is 15.2 Å². The Hall–Kier alpha value is -2.65. The molecule has 3 unspecified atom stereocenters. The lowest BCUT2D eigenvalue weighted by Crippen LogP contribution is -2.42. The Morgan fingerprint density at radius 3 is 2.91 bits per heavy atom. The number of H-pyrrole nitrogens is 1. The quantitative estimate of drug-likeness (QED) is 0.339. The van der Waals surface area contributed by atoms with E-state index in [0.29, 0.717) is 33.5 Å². The Morgan fingerprint density at radius 1 is 1.33 bits per heavy atom. The van der Waals surface area contributed by atoms with Gasteiger partial charge in [-0.3, -0.25) is 14.4 Å². The minimum Gasteiger partial charge on any atom is -0.479 e. The molecule has 0 bridgehead atoms. The van der Waals surface area contributed by atoms with Crippen LogP contribution in [0.15, 0.2) is 28.2 Å². The number of carbonyl (C=O) groups excluding carboxylic acids is 2. The molecule has 3 aromatic rings. The van der Waals surface area contributed by atoms with Gasteiger partial charge in [-0.25, -0.2) is 4.98 Å². The van der Waals surface area contributed by atoms with Gasteiger partial charge in [0.25, 0.3) is 11.5 Å². The molecule has 33 heavy (non-hydrogen) atoms. The number of ether oxygens (including phenoxy) is 1. The van der Waals surface area contributed by atoms with Crippen LogP contribution in [-0.2, 0) is 17.6 Å². The summed E-state index contributed by atoms with van der Waals surface area (Å²) in [7, 11) is 1.68. The first-order valence-corrected chi connectivity index (χ1v) is 12.8. The first kappa shape index (κ1) is 22.2. The van der Waals surface area contributed by atoms with Crippen LogP contribution in [0.1, 0.15) is 48.0 Å². The summed E-state index contributed by atoms with van der Waals surface area (Å²) < 4.78 is 5.64. The predicted octanol–water partition coefficient (Wildman–Crippen LogP) is 4.22. The van der Waals surface area contributed by atoms with E-state index in [-0.39, 0.29) is 17.2 Å². The lowest BCUT2D eigenvalue weighted by molar-refractivity contribution is -0.125. The van der Waals surface area contributed by atoms with Crippen LogP contribution >= 0.6 is 23.1 Å². The topological polar surface area (TPSA) is 92.4 Å². The van der Waals surface area contributed by atoms with Crippen molar-refractivity contribution < 1.29 is 14.3 Å². The summed E-state index contributed by atoms with van der Waals surface area (Å²) >= 11 is 2.84. The molecule has 0 saturated carbocycles. The molecule has 3 heterocycles. The van der Waals surface area contributed by atoms with E-state index < -0.39 is 11.4 Å². The van der Waals surface area contributed by atoms with Crippen LogP contribution in [0.2, 0.25) is 0 Å². The van der Waals surface area contributed by atoms with Crippen LogP contribution in [0.4, 0.5) is 5.69 Å². The number of ketones is 1. The molecule has 172 valence electrons. The highest BCUT2D eigenvalue weighted by Gasteiger charge is 2.30. The summed E-state index contributed by atoms with van der Waals surface area (Å²) in [6.07, 6.45) is 2.44. The highest BCUT2D eigenvalue weighted by molar-refractivity contribution is 8.00. The number of nitrogens with one attached hydrogen (secondary N) is 1. The summed E-state index contributed by atoms with van der Waals surface area (Å²) in [5, 5.41) is 0.687. The van der Waals surface area contributed by atoms with Crippen molar-refractivity contribution in [1.82, 2.24) is 9.97 Å². The number of thiophene rings is 1. The molecule has 3 atom stereocenters. The van der Waals surface area contributed by atoms with Gasteiger partial charge < -0.3 is 14.6 Å². The Labute approximate surface area is 199 Å². The van der Waals surface area contributed by atoms with Crippen molar-refractivity contribution in [1.29, 1.82) is 0 Å². The number of thioether (sulfide) groups is 1. The standard InChI is InChI=1S/C24H25N3O4S2/c1-11-5-7-15-18(9-11)33-22-19(15)21(29)25-24(26-22)32-13(3)20(28)14-6-8-17-16(10-14)27(4)23(30)12(2)31-17/h6,8,10-13H,5,7,9H2,1-4H3,(H,25,26,29). The Morgan fingerprint density at radius 2 is 2.12 bits per heavy atom. The molecule has 0 saturated heterocycles. The molecule has 0 spiro atoms. The average molecular weight is 484 g/mol. The van der Waals surface area contributed by atoms with Gasteiger partial charge >= 0.3 is 0 Å². The maximum absolute atomic E-state index is 13.1. The predicted molar refractivity (Wildman–Crippen MR) is 131 cm³/mol. The number of anilines is 1. The number of Topliss-reactive ketones (excluding diaryl/α,β-unsaturated/α-hetero) is 1. The number of hydrogen-bond donors (Lipinski definition) is 1. The first-order chi connectivity index (χ1) is 15.7. The summed E-state index contributed by atoms with van der Waals surface area (Å²) in [6.45, 7) is 5.74. The second kappa shape index (κ2) is 8.29. The summed E-state index contributed by atoms with van der Waals surface area (Å²) in [5.74, 6) is 0.937. The molecule has 0 radical (unpaired) electrons. The molecular weight excluding hydrogens is 458 g/mol. The summed E-state index contributed by atoms with van der Waals surface area (Å²) in [6, 6.07) is 5.12. The fourth-order valence-electron chi connectivity index (χ4n) is 4.51. The molecule has 7 nitrogen and oxygen atoms in total. The Balaban J connectivity index is 1.40. The number of carbonyl (C=O) groups is 2. The molecule has 9 heteroatoms.